The summed E-state index contributed by atoms with van der Waals surface area (Å²) in [5, 5.41) is 9.62. The minimum Gasteiger partial charge on any atom is -0.478 e. The van der Waals surface area contributed by atoms with Crippen LogP contribution in [0.5, 0.6) is 0 Å². The van der Waals surface area contributed by atoms with E-state index < -0.39 is 5.97 Å². The van der Waals surface area contributed by atoms with E-state index in [4.69, 9.17) is 16.7 Å². The Kier molecular flexibility index (Phi) is 6.88. The minimum absolute atomic E-state index is 0.00516. The van der Waals surface area contributed by atoms with Gasteiger partial charge in [-0.2, -0.15) is 0 Å². The van der Waals surface area contributed by atoms with E-state index in [0.29, 0.717) is 21.7 Å². The number of carbonyl (C=O) groups is 2. The maximum Gasteiger partial charge on any atom is 0.335 e. The van der Waals surface area contributed by atoms with Crippen molar-refractivity contribution >= 4 is 29.0 Å². The number of nitrogens with zero attached hydrogens (tertiary/aromatic N) is 2. The lowest BCUT2D eigenvalue weighted by Crippen LogP contribution is -2.47. The molecule has 1 aliphatic heterocycles. The van der Waals surface area contributed by atoms with Gasteiger partial charge in [-0.05, 0) is 72.6 Å². The van der Waals surface area contributed by atoms with Crippen molar-refractivity contribution in [3.8, 4) is 0 Å². The van der Waals surface area contributed by atoms with E-state index >= 15 is 0 Å². The first-order valence-corrected chi connectivity index (χ1v) is 11.1. The van der Waals surface area contributed by atoms with Crippen molar-refractivity contribution in [1.82, 2.24) is 4.90 Å². The number of rotatable bonds is 7. The van der Waals surface area contributed by atoms with E-state index in [1.807, 2.05) is 36.4 Å². The van der Waals surface area contributed by atoms with Crippen molar-refractivity contribution in [2.24, 2.45) is 0 Å². The third-order valence-corrected chi connectivity index (χ3v) is 6.14. The van der Waals surface area contributed by atoms with Crippen LogP contribution in [0.1, 0.15) is 31.8 Å². The number of carboxylic acid groups (broad SMARTS) is 1. The summed E-state index contributed by atoms with van der Waals surface area (Å²) < 4.78 is 0. The van der Waals surface area contributed by atoms with Crippen molar-refractivity contribution < 1.29 is 14.7 Å². The molecule has 0 unspecified atom stereocenters. The molecule has 0 radical (unpaired) electrons. The Balaban J connectivity index is 1.28. The largest absolute Gasteiger partial charge is 0.478 e. The topological polar surface area (TPSA) is 60.9 Å². The average Bonchev–Trinajstić information content (AvgIpc) is 2.83. The summed E-state index contributed by atoms with van der Waals surface area (Å²) in [5.41, 5.74) is 3.90. The molecule has 5 nitrogen and oxygen atoms in total. The highest BCUT2D eigenvalue weighted by Gasteiger charge is 2.18. The normalized spacial score (nSPS) is 14.3. The number of piperazine rings is 1. The van der Waals surface area contributed by atoms with Gasteiger partial charge in [0.05, 0.1) is 5.56 Å². The van der Waals surface area contributed by atoms with E-state index in [2.05, 4.69) is 9.80 Å². The van der Waals surface area contributed by atoms with Crippen LogP contribution in [-0.2, 0) is 6.42 Å². The molecular weight excluding hydrogens is 424 g/mol. The van der Waals surface area contributed by atoms with Crippen molar-refractivity contribution in [2.45, 2.75) is 6.42 Å². The fourth-order valence-electron chi connectivity index (χ4n) is 3.92. The van der Waals surface area contributed by atoms with Gasteiger partial charge in [0, 0.05) is 54.6 Å². The Bertz CT molecular complexity index is 1070. The zero-order valence-electron chi connectivity index (χ0n) is 17.7. The van der Waals surface area contributed by atoms with Gasteiger partial charge in [-0.3, -0.25) is 9.69 Å². The second-order valence-electron chi connectivity index (χ2n) is 7.96. The predicted molar refractivity (Wildman–Crippen MR) is 127 cm³/mol. The molecule has 0 bridgehead atoms. The van der Waals surface area contributed by atoms with Crippen molar-refractivity contribution in [1.29, 1.82) is 0 Å². The first kappa shape index (κ1) is 22.1. The number of hydrogen-bond donors (Lipinski definition) is 1. The molecule has 1 aliphatic rings. The summed E-state index contributed by atoms with van der Waals surface area (Å²) in [5.74, 6) is -0.899. The SMILES string of the molecule is O=C(O)c1ccc(CCN2CCN(c3ccc(C(=O)c4ccc(Cl)cc4)cc3)CC2)cc1. The average molecular weight is 449 g/mol. The number of halogens is 1. The van der Waals surface area contributed by atoms with E-state index in [9.17, 15) is 9.59 Å². The molecule has 3 aromatic carbocycles. The van der Waals surface area contributed by atoms with Crippen molar-refractivity contribution in [3.63, 3.8) is 0 Å². The van der Waals surface area contributed by atoms with Crippen LogP contribution >= 0.6 is 11.6 Å². The zero-order chi connectivity index (χ0) is 22.5. The molecule has 0 saturated carbocycles. The Morgan fingerprint density at radius 2 is 1.28 bits per heavy atom. The summed E-state index contributed by atoms with van der Waals surface area (Å²) in [6, 6.07) is 21.9. The quantitative estimate of drug-likeness (QED) is 0.534. The first-order chi connectivity index (χ1) is 15.5. The van der Waals surface area contributed by atoms with Crippen LogP contribution in [-0.4, -0.2) is 54.5 Å². The monoisotopic (exact) mass is 448 g/mol. The van der Waals surface area contributed by atoms with Crippen LogP contribution in [0.15, 0.2) is 72.8 Å². The fraction of sp³-hybridized carbons (Fsp3) is 0.231. The van der Waals surface area contributed by atoms with E-state index in [-0.39, 0.29) is 5.78 Å². The molecule has 164 valence electrons. The number of benzene rings is 3. The predicted octanol–water partition coefficient (Wildman–Crippen LogP) is 4.63. The lowest BCUT2D eigenvalue weighted by Gasteiger charge is -2.36. The van der Waals surface area contributed by atoms with Gasteiger partial charge in [0.15, 0.2) is 5.78 Å². The molecular formula is C26H25ClN2O3. The minimum atomic E-state index is -0.893. The number of carboxylic acids is 1. The van der Waals surface area contributed by atoms with Gasteiger partial charge in [0.2, 0.25) is 0 Å². The summed E-state index contributed by atoms with van der Waals surface area (Å²) in [6.07, 6.45) is 0.904. The highest BCUT2D eigenvalue weighted by molar-refractivity contribution is 6.30. The van der Waals surface area contributed by atoms with Gasteiger partial charge in [-0.15, -0.1) is 0 Å². The molecule has 1 saturated heterocycles. The standard InChI is InChI=1S/C26H25ClN2O3/c27-23-9-5-20(6-10-23)25(30)21-7-11-24(12-8-21)29-17-15-28(16-18-29)14-13-19-1-3-22(4-2-19)26(31)32/h1-12H,13-18H2,(H,31,32). The molecule has 0 spiro atoms. The molecule has 0 atom stereocenters. The number of anilines is 1. The molecule has 4 rings (SSSR count). The number of aromatic carboxylic acids is 1. The van der Waals surface area contributed by atoms with Gasteiger partial charge in [0.1, 0.15) is 0 Å². The molecule has 1 heterocycles. The summed E-state index contributed by atoms with van der Waals surface area (Å²) in [6.45, 7) is 4.76. The van der Waals surface area contributed by atoms with Crippen LogP contribution in [0.25, 0.3) is 0 Å². The van der Waals surface area contributed by atoms with Gasteiger partial charge < -0.3 is 10.0 Å². The van der Waals surface area contributed by atoms with Gasteiger partial charge >= 0.3 is 5.97 Å². The molecule has 0 aliphatic carbocycles. The van der Waals surface area contributed by atoms with Crippen molar-refractivity contribution in [3.05, 3.63) is 100 Å². The Morgan fingerprint density at radius 1 is 0.750 bits per heavy atom. The lowest BCUT2D eigenvalue weighted by molar-refractivity contribution is 0.0696. The maximum atomic E-state index is 12.6. The third-order valence-electron chi connectivity index (χ3n) is 5.89. The molecule has 0 aromatic heterocycles. The fourth-order valence-corrected chi connectivity index (χ4v) is 4.05. The second-order valence-corrected chi connectivity index (χ2v) is 8.40. The molecule has 32 heavy (non-hydrogen) atoms. The van der Waals surface area contributed by atoms with Crippen LogP contribution < -0.4 is 4.90 Å². The smallest absolute Gasteiger partial charge is 0.335 e. The van der Waals surface area contributed by atoms with Gasteiger partial charge in [-0.1, -0.05) is 23.7 Å². The van der Waals surface area contributed by atoms with E-state index in [0.717, 1.165) is 50.4 Å². The number of hydrogen-bond acceptors (Lipinski definition) is 4. The Morgan fingerprint density at radius 3 is 1.84 bits per heavy atom. The highest BCUT2D eigenvalue weighted by Crippen LogP contribution is 2.20. The molecule has 6 heteroatoms. The second kappa shape index (κ2) is 9.98. The zero-order valence-corrected chi connectivity index (χ0v) is 18.5. The van der Waals surface area contributed by atoms with E-state index in [1.54, 1.807) is 36.4 Å². The third kappa shape index (κ3) is 5.36. The van der Waals surface area contributed by atoms with Crippen LogP contribution in [0, 0.1) is 0 Å². The van der Waals surface area contributed by atoms with Crippen molar-refractivity contribution in [2.75, 3.05) is 37.6 Å². The number of carbonyl (C=O) groups excluding carboxylic acids is 1. The molecule has 1 fully saturated rings. The maximum absolute atomic E-state index is 12.6. The van der Waals surface area contributed by atoms with E-state index in [1.165, 1.54) is 0 Å². The Hall–Kier alpha value is -3.15. The summed E-state index contributed by atoms with van der Waals surface area (Å²) >= 11 is 5.91. The summed E-state index contributed by atoms with van der Waals surface area (Å²) in [7, 11) is 0. The summed E-state index contributed by atoms with van der Waals surface area (Å²) in [4.78, 5) is 28.4. The lowest BCUT2D eigenvalue weighted by atomic mass is 10.0. The van der Waals surface area contributed by atoms with Crippen LogP contribution in [0.2, 0.25) is 5.02 Å². The molecule has 0 amide bonds. The van der Waals surface area contributed by atoms with Crippen LogP contribution in [0.4, 0.5) is 5.69 Å². The van der Waals surface area contributed by atoms with Gasteiger partial charge in [-0.25, -0.2) is 4.79 Å². The molecule has 3 aromatic rings. The van der Waals surface area contributed by atoms with Gasteiger partial charge in [0.25, 0.3) is 0 Å². The van der Waals surface area contributed by atoms with Crippen LogP contribution in [0.3, 0.4) is 0 Å². The number of ketones is 1. The molecule has 1 N–H and O–H groups in total. The first-order valence-electron chi connectivity index (χ1n) is 10.7. The highest BCUT2D eigenvalue weighted by atomic mass is 35.5. The Labute approximate surface area is 192 Å².